The van der Waals surface area contributed by atoms with Gasteiger partial charge in [-0.1, -0.05) is 15.9 Å². The summed E-state index contributed by atoms with van der Waals surface area (Å²) in [7, 11) is 1.68. The Morgan fingerprint density at radius 3 is 2.62 bits per heavy atom. The van der Waals surface area contributed by atoms with E-state index in [9.17, 15) is 0 Å². The molecule has 0 atom stereocenters. The molecule has 0 radical (unpaired) electrons. The van der Waals surface area contributed by atoms with Crippen molar-refractivity contribution in [2.75, 3.05) is 12.4 Å². The van der Waals surface area contributed by atoms with Crippen LogP contribution in [0.3, 0.4) is 0 Å². The van der Waals surface area contributed by atoms with Gasteiger partial charge in [-0.05, 0) is 45.4 Å². The van der Waals surface area contributed by atoms with Gasteiger partial charge < -0.3 is 10.1 Å². The van der Waals surface area contributed by atoms with Crippen LogP contribution in [0.1, 0.15) is 31.9 Å². The standard InChI is InChI=1S/C16H22BrN3O/c1-11-6-13(17)7-14(21-5)15(11)18-8-12-9-19-20(10-12)16(2,3)4/h6-7,9-10,18H,8H2,1-5H3. The van der Waals surface area contributed by atoms with Gasteiger partial charge in [-0.15, -0.1) is 0 Å². The molecule has 0 aliphatic rings. The molecule has 0 spiro atoms. The van der Waals surface area contributed by atoms with E-state index in [2.05, 4.69) is 66.3 Å². The highest BCUT2D eigenvalue weighted by Gasteiger charge is 2.14. The summed E-state index contributed by atoms with van der Waals surface area (Å²) in [5.74, 6) is 0.838. The van der Waals surface area contributed by atoms with Crippen LogP contribution in [0.4, 0.5) is 5.69 Å². The maximum absolute atomic E-state index is 5.44. The molecule has 1 aromatic heterocycles. The predicted octanol–water partition coefficient (Wildman–Crippen LogP) is 4.33. The van der Waals surface area contributed by atoms with Crippen molar-refractivity contribution in [3.8, 4) is 5.75 Å². The summed E-state index contributed by atoms with van der Waals surface area (Å²) in [6.45, 7) is 9.19. The normalized spacial score (nSPS) is 11.5. The zero-order valence-corrected chi connectivity index (χ0v) is 14.8. The van der Waals surface area contributed by atoms with Crippen LogP contribution in [0.25, 0.3) is 0 Å². The molecular formula is C16H22BrN3O. The maximum Gasteiger partial charge on any atom is 0.143 e. The van der Waals surface area contributed by atoms with Gasteiger partial charge in [-0.25, -0.2) is 0 Å². The van der Waals surface area contributed by atoms with Gasteiger partial charge >= 0.3 is 0 Å². The largest absolute Gasteiger partial charge is 0.495 e. The molecule has 0 fully saturated rings. The highest BCUT2D eigenvalue weighted by atomic mass is 79.9. The Bertz CT molecular complexity index is 629. The number of hydrogen-bond acceptors (Lipinski definition) is 3. The molecule has 1 heterocycles. The molecule has 1 aromatic carbocycles. The van der Waals surface area contributed by atoms with E-state index in [1.807, 2.05) is 16.9 Å². The lowest BCUT2D eigenvalue weighted by Crippen LogP contribution is -2.22. The highest BCUT2D eigenvalue weighted by molar-refractivity contribution is 9.10. The fourth-order valence-corrected chi connectivity index (χ4v) is 2.66. The summed E-state index contributed by atoms with van der Waals surface area (Å²) in [6, 6.07) is 4.04. The maximum atomic E-state index is 5.44. The zero-order chi connectivity index (χ0) is 15.6. The van der Waals surface area contributed by atoms with Crippen LogP contribution in [-0.2, 0) is 12.1 Å². The van der Waals surface area contributed by atoms with Crippen LogP contribution in [0.2, 0.25) is 0 Å². The molecule has 0 aliphatic heterocycles. The number of halogens is 1. The van der Waals surface area contributed by atoms with Crippen molar-refractivity contribution in [2.45, 2.75) is 39.8 Å². The molecule has 0 unspecified atom stereocenters. The van der Waals surface area contributed by atoms with Gasteiger partial charge in [0.1, 0.15) is 5.75 Å². The first kappa shape index (κ1) is 15.9. The fraction of sp³-hybridized carbons (Fsp3) is 0.438. The van der Waals surface area contributed by atoms with Gasteiger partial charge in [0.05, 0.1) is 24.5 Å². The average molecular weight is 352 g/mol. The molecule has 0 amide bonds. The van der Waals surface area contributed by atoms with Gasteiger partial charge in [-0.2, -0.15) is 5.10 Å². The first-order valence-electron chi connectivity index (χ1n) is 6.93. The summed E-state index contributed by atoms with van der Waals surface area (Å²) < 4.78 is 8.44. The molecule has 2 rings (SSSR count). The van der Waals surface area contributed by atoms with Crippen molar-refractivity contribution in [3.63, 3.8) is 0 Å². The lowest BCUT2D eigenvalue weighted by molar-refractivity contribution is 0.355. The monoisotopic (exact) mass is 351 g/mol. The van der Waals surface area contributed by atoms with Crippen LogP contribution >= 0.6 is 15.9 Å². The Hall–Kier alpha value is -1.49. The number of aryl methyl sites for hydroxylation is 1. The molecular weight excluding hydrogens is 330 g/mol. The number of methoxy groups -OCH3 is 1. The molecule has 0 saturated carbocycles. The van der Waals surface area contributed by atoms with Crippen LogP contribution in [0, 0.1) is 6.92 Å². The van der Waals surface area contributed by atoms with Crippen LogP contribution in [0.5, 0.6) is 5.75 Å². The van der Waals surface area contributed by atoms with Gasteiger partial charge in [0, 0.05) is 22.8 Å². The molecule has 0 bridgehead atoms. The van der Waals surface area contributed by atoms with Crippen molar-refractivity contribution in [2.24, 2.45) is 0 Å². The number of benzene rings is 1. The van der Waals surface area contributed by atoms with E-state index in [4.69, 9.17) is 4.74 Å². The molecule has 1 N–H and O–H groups in total. The lowest BCUT2D eigenvalue weighted by atomic mass is 10.1. The molecule has 5 heteroatoms. The van der Waals surface area contributed by atoms with Crippen molar-refractivity contribution in [1.82, 2.24) is 9.78 Å². The summed E-state index contributed by atoms with van der Waals surface area (Å²) in [5.41, 5.74) is 3.31. The van der Waals surface area contributed by atoms with E-state index < -0.39 is 0 Å². The molecule has 4 nitrogen and oxygen atoms in total. The summed E-state index contributed by atoms with van der Waals surface area (Å²) >= 11 is 3.49. The lowest BCUT2D eigenvalue weighted by Gasteiger charge is -2.18. The minimum absolute atomic E-state index is 0.00344. The minimum atomic E-state index is 0.00344. The van der Waals surface area contributed by atoms with Crippen molar-refractivity contribution in [1.29, 1.82) is 0 Å². The Labute approximate surface area is 134 Å². The van der Waals surface area contributed by atoms with E-state index >= 15 is 0 Å². The SMILES string of the molecule is COc1cc(Br)cc(C)c1NCc1cnn(C(C)(C)C)c1. The van der Waals surface area contributed by atoms with E-state index in [0.717, 1.165) is 33.6 Å². The summed E-state index contributed by atoms with van der Waals surface area (Å²) in [4.78, 5) is 0. The predicted molar refractivity (Wildman–Crippen MR) is 90.0 cm³/mol. The number of nitrogens with one attached hydrogen (secondary N) is 1. The van der Waals surface area contributed by atoms with Gasteiger partial charge in [0.15, 0.2) is 0 Å². The molecule has 21 heavy (non-hydrogen) atoms. The summed E-state index contributed by atoms with van der Waals surface area (Å²) in [5, 5.41) is 7.86. The third-order valence-electron chi connectivity index (χ3n) is 3.28. The Morgan fingerprint density at radius 1 is 1.33 bits per heavy atom. The van der Waals surface area contributed by atoms with Crippen molar-refractivity contribution in [3.05, 3.63) is 40.1 Å². The first-order valence-corrected chi connectivity index (χ1v) is 7.72. The van der Waals surface area contributed by atoms with Crippen LogP contribution < -0.4 is 10.1 Å². The number of ether oxygens (including phenoxy) is 1. The van der Waals surface area contributed by atoms with Gasteiger partial charge in [0.25, 0.3) is 0 Å². The zero-order valence-electron chi connectivity index (χ0n) is 13.2. The Balaban J connectivity index is 2.15. The third kappa shape index (κ3) is 3.79. The van der Waals surface area contributed by atoms with E-state index in [1.54, 1.807) is 7.11 Å². The molecule has 2 aromatic rings. The van der Waals surface area contributed by atoms with E-state index in [0.29, 0.717) is 0 Å². The first-order chi connectivity index (χ1) is 9.81. The Morgan fingerprint density at radius 2 is 2.05 bits per heavy atom. The number of aromatic nitrogens is 2. The van der Waals surface area contributed by atoms with E-state index in [1.165, 1.54) is 0 Å². The second-order valence-corrected chi connectivity index (χ2v) is 7.03. The summed E-state index contributed by atoms with van der Waals surface area (Å²) in [6.07, 6.45) is 3.98. The second kappa shape index (κ2) is 6.10. The molecule has 0 aliphatic carbocycles. The minimum Gasteiger partial charge on any atom is -0.495 e. The number of nitrogens with zero attached hydrogens (tertiary/aromatic N) is 2. The molecule has 0 saturated heterocycles. The quantitative estimate of drug-likeness (QED) is 0.890. The fourth-order valence-electron chi connectivity index (χ4n) is 2.11. The molecule has 114 valence electrons. The van der Waals surface area contributed by atoms with Gasteiger partial charge in [0.2, 0.25) is 0 Å². The van der Waals surface area contributed by atoms with E-state index in [-0.39, 0.29) is 5.54 Å². The second-order valence-electron chi connectivity index (χ2n) is 6.12. The van der Waals surface area contributed by atoms with Crippen LogP contribution in [-0.4, -0.2) is 16.9 Å². The number of rotatable bonds is 4. The third-order valence-corrected chi connectivity index (χ3v) is 3.73. The van der Waals surface area contributed by atoms with Gasteiger partial charge in [-0.3, -0.25) is 4.68 Å². The van der Waals surface area contributed by atoms with Crippen LogP contribution in [0.15, 0.2) is 29.0 Å². The number of hydrogen-bond donors (Lipinski definition) is 1. The smallest absolute Gasteiger partial charge is 0.143 e. The average Bonchev–Trinajstić information content (AvgIpc) is 2.85. The highest BCUT2D eigenvalue weighted by Crippen LogP contribution is 2.32. The topological polar surface area (TPSA) is 39.1 Å². The number of anilines is 1. The Kier molecular flexibility index (Phi) is 4.61. The van der Waals surface area contributed by atoms with Crippen molar-refractivity contribution >= 4 is 21.6 Å². The van der Waals surface area contributed by atoms with Crippen molar-refractivity contribution < 1.29 is 4.74 Å².